The maximum absolute atomic E-state index is 13.0. The van der Waals surface area contributed by atoms with Crippen molar-refractivity contribution in [2.45, 2.75) is 69.3 Å². The van der Waals surface area contributed by atoms with E-state index in [0.29, 0.717) is 12.2 Å². The quantitative estimate of drug-likeness (QED) is 0.0410. The summed E-state index contributed by atoms with van der Waals surface area (Å²) in [7, 11) is 0. The van der Waals surface area contributed by atoms with Crippen LogP contribution in [0.5, 0.6) is 0 Å². The largest absolute Gasteiger partial charge is 0.480 e. The zero-order chi connectivity index (χ0) is 29.3. The summed E-state index contributed by atoms with van der Waals surface area (Å²) >= 11 is 1.42. The molecule has 0 aliphatic carbocycles. The Labute approximate surface area is 226 Å². The molecule has 0 fully saturated rings. The molecule has 0 saturated heterocycles. The fourth-order valence-electron chi connectivity index (χ4n) is 3.12. The van der Waals surface area contributed by atoms with Crippen molar-refractivity contribution in [1.29, 1.82) is 0 Å². The third-order valence-electron chi connectivity index (χ3n) is 5.17. The van der Waals surface area contributed by atoms with E-state index in [0.717, 1.165) is 0 Å². The summed E-state index contributed by atoms with van der Waals surface area (Å²) < 4.78 is 0. The molecular weight excluding hydrogens is 520 g/mol. The zero-order valence-corrected chi connectivity index (χ0v) is 22.6. The molecule has 3 amide bonds. The van der Waals surface area contributed by atoms with Crippen LogP contribution in [0.4, 0.5) is 0 Å². The molecule has 0 rings (SSSR count). The van der Waals surface area contributed by atoms with Gasteiger partial charge in [-0.25, -0.2) is 4.79 Å². The zero-order valence-electron chi connectivity index (χ0n) is 21.8. The number of carbonyl (C=O) groups excluding carboxylic acids is 3. The first-order valence-electron chi connectivity index (χ1n) is 12.0. The van der Waals surface area contributed by atoms with Gasteiger partial charge in [-0.05, 0) is 51.0 Å². The van der Waals surface area contributed by atoms with Crippen LogP contribution in [0.2, 0.25) is 0 Å². The normalized spacial score (nSPS) is 14.6. The van der Waals surface area contributed by atoms with Crippen LogP contribution in [0.15, 0.2) is 9.98 Å². The summed E-state index contributed by atoms with van der Waals surface area (Å²) in [5, 5.41) is 26.9. The topological polar surface area (TPSA) is 300 Å². The number of carboxylic acids is 1. The third kappa shape index (κ3) is 15.1. The van der Waals surface area contributed by atoms with Gasteiger partial charge in [0.25, 0.3) is 0 Å². The highest BCUT2D eigenvalue weighted by Crippen LogP contribution is 2.06. The Bertz CT molecular complexity index is 833. The lowest BCUT2D eigenvalue weighted by Gasteiger charge is -2.26. The second-order valence-corrected chi connectivity index (χ2v) is 9.46. The van der Waals surface area contributed by atoms with Crippen LogP contribution in [0.1, 0.15) is 39.0 Å². The number of hydrogen-bond donors (Lipinski definition) is 10. The molecule has 0 radical (unpaired) electrons. The fraction of sp³-hybridized carbons (Fsp3) is 0.714. The number of aliphatic carboxylic acids is 1. The lowest BCUT2D eigenvalue weighted by Crippen LogP contribution is -2.59. The highest BCUT2D eigenvalue weighted by atomic mass is 32.2. The molecule has 17 heteroatoms. The number of aliphatic hydroxyl groups is 1. The van der Waals surface area contributed by atoms with Gasteiger partial charge in [0.15, 0.2) is 11.9 Å². The molecule has 0 aliphatic heterocycles. The molecule has 0 aromatic heterocycles. The monoisotopic (exact) mass is 562 g/mol. The molecule has 0 saturated carbocycles. The predicted octanol–water partition coefficient (Wildman–Crippen LogP) is -3.91. The van der Waals surface area contributed by atoms with Gasteiger partial charge in [0, 0.05) is 13.1 Å². The van der Waals surface area contributed by atoms with Gasteiger partial charge in [-0.15, -0.1) is 0 Å². The van der Waals surface area contributed by atoms with Crippen molar-refractivity contribution < 1.29 is 29.4 Å². The lowest BCUT2D eigenvalue weighted by molar-refractivity contribution is -0.142. The summed E-state index contributed by atoms with van der Waals surface area (Å²) in [6, 6.07) is -4.81. The van der Waals surface area contributed by atoms with Crippen LogP contribution >= 0.6 is 11.8 Å². The fourth-order valence-corrected chi connectivity index (χ4v) is 3.59. The standard InChI is InChI=1S/C21H42N10O6S/c1-11(32)15(31-16(33)12(22)5-3-8-27-20(23)24)18(35)29-13(6-4-9-28-21(25)26)17(34)30-14(19(36)37)7-10-38-2/h11-15,32H,3-10,22H2,1-2H3,(H,29,35)(H,30,34)(H,31,33)(H,36,37)(H4,23,24,27)(H4,25,26,28). The average molecular weight is 563 g/mol. The molecule has 5 atom stereocenters. The Hall–Kier alpha value is -3.31. The maximum atomic E-state index is 13.0. The Balaban J connectivity index is 5.45. The predicted molar refractivity (Wildman–Crippen MR) is 146 cm³/mol. The molecule has 15 N–H and O–H groups in total. The number of aliphatic hydroxyl groups excluding tert-OH is 1. The second-order valence-electron chi connectivity index (χ2n) is 8.47. The number of amides is 3. The highest BCUT2D eigenvalue weighted by molar-refractivity contribution is 7.98. The Morgan fingerprint density at radius 1 is 0.816 bits per heavy atom. The number of carbonyl (C=O) groups is 4. The van der Waals surface area contributed by atoms with Crippen LogP contribution < -0.4 is 44.6 Å². The van der Waals surface area contributed by atoms with Gasteiger partial charge in [0.2, 0.25) is 17.7 Å². The molecule has 0 aromatic carbocycles. The number of nitrogens with one attached hydrogen (secondary N) is 3. The molecule has 16 nitrogen and oxygen atoms in total. The number of hydrogen-bond acceptors (Lipinski definition) is 9. The first kappa shape index (κ1) is 34.7. The van der Waals surface area contributed by atoms with E-state index in [2.05, 4.69) is 25.9 Å². The van der Waals surface area contributed by atoms with Gasteiger partial charge >= 0.3 is 5.97 Å². The van der Waals surface area contributed by atoms with E-state index in [1.165, 1.54) is 18.7 Å². The van der Waals surface area contributed by atoms with Crippen molar-refractivity contribution in [2.75, 3.05) is 25.1 Å². The van der Waals surface area contributed by atoms with Crippen molar-refractivity contribution >= 4 is 47.4 Å². The molecule has 218 valence electrons. The number of guanidine groups is 2. The minimum absolute atomic E-state index is 0.0496. The van der Waals surface area contributed by atoms with Crippen LogP contribution in [-0.2, 0) is 19.2 Å². The molecule has 0 heterocycles. The first-order valence-corrected chi connectivity index (χ1v) is 13.4. The van der Waals surface area contributed by atoms with Crippen LogP contribution in [0, 0.1) is 0 Å². The van der Waals surface area contributed by atoms with Gasteiger partial charge in [-0.3, -0.25) is 24.4 Å². The summed E-state index contributed by atoms with van der Waals surface area (Å²) in [6.07, 6.45) is 1.56. The molecule has 0 spiro atoms. The van der Waals surface area contributed by atoms with Crippen LogP contribution in [-0.4, -0.2) is 101 Å². The van der Waals surface area contributed by atoms with E-state index in [-0.39, 0.29) is 50.7 Å². The number of nitrogens with zero attached hydrogens (tertiary/aromatic N) is 2. The SMILES string of the molecule is CSCCC(NC(=O)C(CCCN=C(N)N)NC(=O)C(NC(=O)C(N)CCCN=C(N)N)C(C)O)C(=O)O. The molecule has 0 aromatic rings. The average Bonchev–Trinajstić information content (AvgIpc) is 2.83. The van der Waals surface area contributed by atoms with Gasteiger partial charge in [0.05, 0.1) is 12.1 Å². The third-order valence-corrected chi connectivity index (χ3v) is 5.81. The number of aliphatic imine (C=N–C) groups is 2. The van der Waals surface area contributed by atoms with Gasteiger partial charge in [-0.2, -0.15) is 11.8 Å². The summed E-state index contributed by atoms with van der Waals surface area (Å²) in [5.74, 6) is -3.29. The summed E-state index contributed by atoms with van der Waals surface area (Å²) in [4.78, 5) is 57.6. The van der Waals surface area contributed by atoms with E-state index in [1.807, 2.05) is 0 Å². The number of thioether (sulfide) groups is 1. The number of carboxylic acid groups (broad SMARTS) is 1. The molecule has 0 bridgehead atoms. The van der Waals surface area contributed by atoms with E-state index in [9.17, 15) is 29.4 Å². The second kappa shape index (κ2) is 18.9. The molecule has 5 unspecified atom stereocenters. The van der Waals surface area contributed by atoms with E-state index >= 15 is 0 Å². The van der Waals surface area contributed by atoms with Gasteiger partial charge in [-0.1, -0.05) is 0 Å². The van der Waals surface area contributed by atoms with Gasteiger partial charge < -0.3 is 54.8 Å². The van der Waals surface area contributed by atoms with E-state index in [4.69, 9.17) is 28.7 Å². The minimum atomic E-state index is -1.44. The molecule has 0 aliphatic rings. The Morgan fingerprint density at radius 2 is 1.34 bits per heavy atom. The van der Waals surface area contributed by atoms with Crippen LogP contribution in [0.25, 0.3) is 0 Å². The number of rotatable bonds is 19. The van der Waals surface area contributed by atoms with Crippen molar-refractivity contribution in [2.24, 2.45) is 38.7 Å². The Morgan fingerprint density at radius 3 is 1.82 bits per heavy atom. The lowest BCUT2D eigenvalue weighted by atomic mass is 10.1. The smallest absolute Gasteiger partial charge is 0.326 e. The van der Waals surface area contributed by atoms with Crippen molar-refractivity contribution in [3.8, 4) is 0 Å². The molecular formula is C21H42N10O6S. The van der Waals surface area contributed by atoms with E-state index in [1.54, 1.807) is 6.26 Å². The summed E-state index contributed by atoms with van der Waals surface area (Å²) in [5.41, 5.74) is 27.0. The first-order chi connectivity index (χ1) is 17.8. The minimum Gasteiger partial charge on any atom is -0.480 e. The number of nitrogens with two attached hydrogens (primary N) is 5. The van der Waals surface area contributed by atoms with Crippen molar-refractivity contribution in [3.05, 3.63) is 0 Å². The van der Waals surface area contributed by atoms with E-state index < -0.39 is 54.0 Å². The molecule has 38 heavy (non-hydrogen) atoms. The van der Waals surface area contributed by atoms with Crippen LogP contribution in [0.3, 0.4) is 0 Å². The van der Waals surface area contributed by atoms with Gasteiger partial charge in [0.1, 0.15) is 18.1 Å². The van der Waals surface area contributed by atoms with Crippen molar-refractivity contribution in [1.82, 2.24) is 16.0 Å². The van der Waals surface area contributed by atoms with Crippen molar-refractivity contribution in [3.63, 3.8) is 0 Å². The summed E-state index contributed by atoms with van der Waals surface area (Å²) in [6.45, 7) is 1.70. The maximum Gasteiger partial charge on any atom is 0.326 e. The Kier molecular flexibility index (Phi) is 17.2. The highest BCUT2D eigenvalue weighted by Gasteiger charge is 2.32.